The summed E-state index contributed by atoms with van der Waals surface area (Å²) in [4.78, 5) is 33.7. The Labute approximate surface area is 228 Å². The van der Waals surface area contributed by atoms with Gasteiger partial charge in [0, 0.05) is 39.0 Å². The standard InChI is InChI=1S/C27H34N6O5S/c1-17-13-21(38-31-17)26(2,3)39(36,37)27(10-11-27)16-33-12-9-20-22(30-32(4)23(20)25(33)35)24(34)29-15-19-7-5-18(14-28)6-8-19/h5-8,20-21,23H,9-13,15-16H2,1-4H3,(H,29,34)/t20?,21-,23?/m0/s1. The highest BCUT2D eigenvalue weighted by Gasteiger charge is 2.64. The first-order chi connectivity index (χ1) is 18.4. The van der Waals surface area contributed by atoms with Crippen LogP contribution in [-0.4, -0.2) is 83.3 Å². The van der Waals surface area contributed by atoms with Crippen LogP contribution in [0.1, 0.15) is 57.6 Å². The number of carbonyl (C=O) groups excluding carboxylic acids is 2. The van der Waals surface area contributed by atoms with Crippen LogP contribution in [0.3, 0.4) is 0 Å². The van der Waals surface area contributed by atoms with Crippen molar-refractivity contribution in [3.63, 3.8) is 0 Å². The van der Waals surface area contributed by atoms with Crippen molar-refractivity contribution < 1.29 is 22.8 Å². The van der Waals surface area contributed by atoms with E-state index in [1.54, 1.807) is 50.1 Å². The van der Waals surface area contributed by atoms with Gasteiger partial charge < -0.3 is 15.1 Å². The summed E-state index contributed by atoms with van der Waals surface area (Å²) in [7, 11) is -2.00. The van der Waals surface area contributed by atoms with Gasteiger partial charge in [-0.1, -0.05) is 17.3 Å². The number of nitriles is 1. The largest absolute Gasteiger partial charge is 0.390 e. The van der Waals surface area contributed by atoms with Gasteiger partial charge in [-0.2, -0.15) is 10.4 Å². The first kappa shape index (κ1) is 27.1. The van der Waals surface area contributed by atoms with E-state index in [4.69, 9.17) is 10.1 Å². The molecule has 4 aliphatic rings. The van der Waals surface area contributed by atoms with Crippen molar-refractivity contribution in [2.75, 3.05) is 20.1 Å². The van der Waals surface area contributed by atoms with E-state index < -0.39 is 31.5 Å². The summed E-state index contributed by atoms with van der Waals surface area (Å²) in [6.45, 7) is 5.96. The maximum atomic E-state index is 13.9. The Morgan fingerprint density at radius 1 is 1.28 bits per heavy atom. The summed E-state index contributed by atoms with van der Waals surface area (Å²) in [5.41, 5.74) is 2.47. The third-order valence-corrected chi connectivity index (χ3v) is 11.9. The number of carbonyl (C=O) groups is 2. The van der Waals surface area contributed by atoms with E-state index >= 15 is 0 Å². The summed E-state index contributed by atoms with van der Waals surface area (Å²) in [5.74, 6) is -0.907. The number of benzene rings is 1. The molecule has 3 heterocycles. The Bertz CT molecular complexity index is 1390. The van der Waals surface area contributed by atoms with E-state index in [1.165, 1.54) is 5.01 Å². The number of likely N-dealkylation sites (N-methyl/N-ethyl adjacent to an activating group) is 1. The molecule has 1 aliphatic carbocycles. The van der Waals surface area contributed by atoms with Crippen LogP contribution < -0.4 is 5.32 Å². The SMILES string of the molecule is CC1=NO[C@H](C(C)(C)S(=O)(=O)C2(CN3CCC4C(C(=O)NCc5ccc(C#N)cc5)=NN(C)C4C3=O)CC2)C1. The molecule has 1 saturated heterocycles. The van der Waals surface area contributed by atoms with E-state index in [9.17, 15) is 18.0 Å². The normalized spacial score (nSPS) is 25.8. The fourth-order valence-corrected chi connectivity index (χ4v) is 8.43. The molecular formula is C27H34N6O5S. The van der Waals surface area contributed by atoms with Gasteiger partial charge in [0.15, 0.2) is 15.9 Å². The number of hydrogen-bond acceptors (Lipinski definition) is 9. The molecule has 1 saturated carbocycles. The summed E-state index contributed by atoms with van der Waals surface area (Å²) in [6.07, 6.45) is 1.42. The van der Waals surface area contributed by atoms with Crippen molar-refractivity contribution in [2.45, 2.75) is 74.6 Å². The van der Waals surface area contributed by atoms with Crippen LogP contribution in [0, 0.1) is 17.2 Å². The Morgan fingerprint density at radius 2 is 1.97 bits per heavy atom. The fraction of sp³-hybridized carbons (Fsp3) is 0.593. The van der Waals surface area contributed by atoms with Gasteiger partial charge in [-0.3, -0.25) is 14.6 Å². The molecule has 12 heteroatoms. The average molecular weight is 555 g/mol. The molecule has 3 atom stereocenters. The monoisotopic (exact) mass is 554 g/mol. The van der Waals surface area contributed by atoms with Crippen molar-refractivity contribution in [1.82, 2.24) is 15.2 Å². The molecule has 2 fully saturated rings. The van der Waals surface area contributed by atoms with E-state index in [-0.39, 0.29) is 30.8 Å². The maximum absolute atomic E-state index is 13.9. The van der Waals surface area contributed by atoms with E-state index in [1.807, 2.05) is 6.92 Å². The van der Waals surface area contributed by atoms with E-state index in [2.05, 4.69) is 21.6 Å². The molecule has 39 heavy (non-hydrogen) atoms. The second-order valence-corrected chi connectivity index (χ2v) is 14.5. The lowest BCUT2D eigenvalue weighted by molar-refractivity contribution is -0.140. The highest BCUT2D eigenvalue weighted by molar-refractivity contribution is 7.94. The van der Waals surface area contributed by atoms with Crippen LogP contribution in [-0.2, 0) is 30.8 Å². The molecule has 5 rings (SSSR count). The maximum Gasteiger partial charge on any atom is 0.268 e. The third kappa shape index (κ3) is 4.56. The Hall–Kier alpha value is -3.46. The summed E-state index contributed by atoms with van der Waals surface area (Å²) < 4.78 is 25.6. The predicted molar refractivity (Wildman–Crippen MR) is 144 cm³/mol. The number of nitrogens with zero attached hydrogens (tertiary/aromatic N) is 5. The minimum absolute atomic E-state index is 0.126. The number of sulfone groups is 1. The molecule has 0 aromatic heterocycles. The van der Waals surface area contributed by atoms with Gasteiger partial charge in [0.05, 0.1) is 22.1 Å². The number of fused-ring (bicyclic) bond motifs is 1. The predicted octanol–water partition coefficient (Wildman–Crippen LogP) is 1.58. The molecular weight excluding hydrogens is 520 g/mol. The van der Waals surface area contributed by atoms with Crippen molar-refractivity contribution in [3.05, 3.63) is 35.4 Å². The molecule has 0 bridgehead atoms. The van der Waals surface area contributed by atoms with Crippen LogP contribution >= 0.6 is 0 Å². The van der Waals surface area contributed by atoms with Gasteiger partial charge in [0.2, 0.25) is 5.91 Å². The lowest BCUT2D eigenvalue weighted by Gasteiger charge is -2.40. The second kappa shape index (κ2) is 9.62. The number of rotatable bonds is 8. The Kier molecular flexibility index (Phi) is 6.69. The molecule has 0 radical (unpaired) electrons. The molecule has 0 spiro atoms. The van der Waals surface area contributed by atoms with Gasteiger partial charge in [0.25, 0.3) is 5.91 Å². The zero-order chi connectivity index (χ0) is 28.2. The molecule has 3 aliphatic heterocycles. The molecule has 2 amide bonds. The van der Waals surface area contributed by atoms with Gasteiger partial charge in [0.1, 0.15) is 16.5 Å². The number of nitrogens with one attached hydrogen (secondary N) is 1. The van der Waals surface area contributed by atoms with Gasteiger partial charge in [-0.15, -0.1) is 0 Å². The molecule has 11 nitrogen and oxygen atoms in total. The zero-order valence-corrected chi connectivity index (χ0v) is 23.5. The quantitative estimate of drug-likeness (QED) is 0.514. The van der Waals surface area contributed by atoms with Crippen LogP contribution in [0.15, 0.2) is 34.5 Å². The molecule has 1 N–H and O–H groups in total. The third-order valence-electron chi connectivity index (χ3n) is 8.59. The number of piperidine rings is 1. The van der Waals surface area contributed by atoms with Gasteiger partial charge >= 0.3 is 0 Å². The molecule has 1 aromatic carbocycles. The van der Waals surface area contributed by atoms with E-state index in [0.717, 1.165) is 11.3 Å². The fourth-order valence-electron chi connectivity index (χ4n) is 5.88. The minimum atomic E-state index is -3.67. The smallest absolute Gasteiger partial charge is 0.268 e. The number of likely N-dealkylation sites (tertiary alicyclic amines) is 1. The van der Waals surface area contributed by atoms with Gasteiger partial charge in [-0.05, 0) is 57.7 Å². The lowest BCUT2D eigenvalue weighted by atomic mass is 9.87. The van der Waals surface area contributed by atoms with Crippen molar-refractivity contribution in [1.29, 1.82) is 5.26 Å². The second-order valence-electron chi connectivity index (χ2n) is 11.6. The zero-order valence-electron chi connectivity index (χ0n) is 22.7. The van der Waals surface area contributed by atoms with Gasteiger partial charge in [-0.25, -0.2) is 8.42 Å². The van der Waals surface area contributed by atoms with E-state index in [0.29, 0.717) is 43.5 Å². The summed E-state index contributed by atoms with van der Waals surface area (Å²) in [5, 5.41) is 21.7. The van der Waals surface area contributed by atoms with Crippen molar-refractivity contribution >= 4 is 33.1 Å². The number of oxime groups is 1. The van der Waals surface area contributed by atoms with Crippen LogP contribution in [0.4, 0.5) is 0 Å². The Balaban J connectivity index is 1.24. The van der Waals surface area contributed by atoms with Crippen LogP contribution in [0.2, 0.25) is 0 Å². The molecule has 208 valence electrons. The minimum Gasteiger partial charge on any atom is -0.390 e. The first-order valence-electron chi connectivity index (χ1n) is 13.2. The molecule has 2 unspecified atom stereocenters. The van der Waals surface area contributed by atoms with Crippen molar-refractivity contribution in [2.24, 2.45) is 16.2 Å². The first-order valence-corrected chi connectivity index (χ1v) is 14.7. The Morgan fingerprint density at radius 3 is 2.56 bits per heavy atom. The average Bonchev–Trinajstić information content (AvgIpc) is 3.44. The molecule has 1 aromatic rings. The van der Waals surface area contributed by atoms with Crippen LogP contribution in [0.25, 0.3) is 0 Å². The number of hydrogen-bond donors (Lipinski definition) is 1. The highest BCUT2D eigenvalue weighted by Crippen LogP contribution is 2.51. The van der Waals surface area contributed by atoms with Crippen LogP contribution in [0.5, 0.6) is 0 Å². The lowest BCUT2D eigenvalue weighted by Crippen LogP contribution is -2.58. The highest BCUT2D eigenvalue weighted by atomic mass is 32.2. The summed E-state index contributed by atoms with van der Waals surface area (Å²) >= 11 is 0. The number of hydrazone groups is 1. The topological polar surface area (TPSA) is 145 Å². The van der Waals surface area contributed by atoms with Crippen molar-refractivity contribution in [3.8, 4) is 6.07 Å². The number of amides is 2. The summed E-state index contributed by atoms with van der Waals surface area (Å²) in [6, 6.07) is 8.36.